The fraction of sp³-hybridized carbons (Fsp3) is 0.667. The second-order valence-corrected chi connectivity index (χ2v) is 6.67. The van der Waals surface area contributed by atoms with Crippen LogP contribution in [0.15, 0.2) is 24.5 Å². The molecule has 1 aromatic rings. The van der Waals surface area contributed by atoms with Crippen LogP contribution in [0.2, 0.25) is 0 Å². The molecule has 2 heterocycles. The van der Waals surface area contributed by atoms with E-state index in [0.717, 1.165) is 44.5 Å². The summed E-state index contributed by atoms with van der Waals surface area (Å²) in [6, 6.07) is 4.28. The fourth-order valence-electron chi connectivity index (χ4n) is 3.70. The summed E-state index contributed by atoms with van der Waals surface area (Å²) in [6.45, 7) is 1.54. The maximum Gasteiger partial charge on any atom is 0.315 e. The van der Waals surface area contributed by atoms with Crippen molar-refractivity contribution >= 4 is 6.03 Å². The van der Waals surface area contributed by atoms with Crippen molar-refractivity contribution in [2.45, 2.75) is 57.0 Å². The van der Waals surface area contributed by atoms with Gasteiger partial charge in [-0.3, -0.25) is 4.98 Å². The predicted octanol–water partition coefficient (Wildman–Crippen LogP) is 3.18. The lowest BCUT2D eigenvalue weighted by Gasteiger charge is -2.32. The molecule has 1 aromatic heterocycles. The molecule has 2 N–H and O–H groups in total. The Kier molecular flexibility index (Phi) is 5.86. The Balaban J connectivity index is 1.64. The van der Waals surface area contributed by atoms with Crippen molar-refractivity contribution in [1.82, 2.24) is 15.6 Å². The number of ether oxygens (including phenoxy) is 1. The van der Waals surface area contributed by atoms with Gasteiger partial charge in [0.2, 0.25) is 0 Å². The van der Waals surface area contributed by atoms with E-state index >= 15 is 0 Å². The number of nitrogens with zero attached hydrogens (tertiary/aromatic N) is 1. The van der Waals surface area contributed by atoms with Crippen molar-refractivity contribution in [2.24, 2.45) is 5.92 Å². The number of amides is 2. The summed E-state index contributed by atoms with van der Waals surface area (Å²) < 4.78 is 5.47. The highest BCUT2D eigenvalue weighted by Gasteiger charge is 2.27. The summed E-state index contributed by atoms with van der Waals surface area (Å²) in [7, 11) is 0. The second kappa shape index (κ2) is 8.29. The lowest BCUT2D eigenvalue weighted by molar-refractivity contribution is 0.0546. The number of urea groups is 1. The van der Waals surface area contributed by atoms with E-state index in [0.29, 0.717) is 12.0 Å². The second-order valence-electron chi connectivity index (χ2n) is 6.67. The van der Waals surface area contributed by atoms with Crippen LogP contribution in [0.3, 0.4) is 0 Å². The Labute approximate surface area is 138 Å². The van der Waals surface area contributed by atoms with E-state index in [4.69, 9.17) is 4.74 Å². The lowest BCUT2D eigenvalue weighted by Crippen LogP contribution is -2.46. The number of pyridine rings is 1. The lowest BCUT2D eigenvalue weighted by atomic mass is 9.88. The van der Waals surface area contributed by atoms with E-state index in [1.807, 2.05) is 18.3 Å². The van der Waals surface area contributed by atoms with Crippen LogP contribution in [-0.2, 0) is 4.74 Å². The molecule has 0 bridgehead atoms. The van der Waals surface area contributed by atoms with Crippen LogP contribution < -0.4 is 10.6 Å². The maximum atomic E-state index is 12.5. The minimum absolute atomic E-state index is 0.0104. The van der Waals surface area contributed by atoms with Crippen molar-refractivity contribution in [3.63, 3.8) is 0 Å². The average Bonchev–Trinajstić information content (AvgIpc) is 2.62. The normalized spacial score (nSPS) is 21.6. The Morgan fingerprint density at radius 3 is 2.65 bits per heavy atom. The largest absolute Gasteiger partial charge is 0.381 e. The maximum absolute atomic E-state index is 12.5. The first-order valence-corrected chi connectivity index (χ1v) is 8.87. The van der Waals surface area contributed by atoms with Gasteiger partial charge in [0.25, 0.3) is 0 Å². The molecule has 1 saturated carbocycles. The number of aromatic nitrogens is 1. The minimum Gasteiger partial charge on any atom is -0.381 e. The molecule has 2 fully saturated rings. The molecule has 23 heavy (non-hydrogen) atoms. The monoisotopic (exact) mass is 317 g/mol. The zero-order valence-corrected chi connectivity index (χ0v) is 13.7. The average molecular weight is 317 g/mol. The molecule has 0 spiro atoms. The van der Waals surface area contributed by atoms with Crippen LogP contribution in [0.4, 0.5) is 4.79 Å². The highest BCUT2D eigenvalue weighted by atomic mass is 16.5. The summed E-state index contributed by atoms with van der Waals surface area (Å²) in [5.74, 6) is 0.407. The van der Waals surface area contributed by atoms with Gasteiger partial charge in [0, 0.05) is 31.6 Å². The van der Waals surface area contributed by atoms with Gasteiger partial charge >= 0.3 is 6.03 Å². The Morgan fingerprint density at radius 1 is 1.17 bits per heavy atom. The fourth-order valence-corrected chi connectivity index (χ4v) is 3.70. The molecule has 2 aliphatic rings. The third kappa shape index (κ3) is 4.67. The number of carbonyl (C=O) groups is 1. The molecule has 5 nitrogen and oxygen atoms in total. The number of hydrogen-bond acceptors (Lipinski definition) is 3. The topological polar surface area (TPSA) is 63.2 Å². The first-order chi connectivity index (χ1) is 11.3. The Morgan fingerprint density at radius 2 is 1.96 bits per heavy atom. The van der Waals surface area contributed by atoms with Crippen molar-refractivity contribution in [2.75, 3.05) is 13.2 Å². The van der Waals surface area contributed by atoms with Gasteiger partial charge in [-0.05, 0) is 43.2 Å². The molecule has 1 unspecified atom stereocenters. The summed E-state index contributed by atoms with van der Waals surface area (Å²) in [6.07, 6.45) is 11.5. The zero-order valence-electron chi connectivity index (χ0n) is 13.7. The third-order valence-electron chi connectivity index (χ3n) is 5.01. The molecule has 1 aliphatic heterocycles. The predicted molar refractivity (Wildman–Crippen MR) is 89.1 cm³/mol. The first kappa shape index (κ1) is 16.2. The molecule has 1 aliphatic carbocycles. The molecule has 3 rings (SSSR count). The number of nitrogens with one attached hydrogen (secondary N) is 2. The van der Waals surface area contributed by atoms with Gasteiger partial charge in [0.05, 0.1) is 6.04 Å². The SMILES string of the molecule is O=C(NC1CCCCC1)NC(c1cccnc1)C1CCOCC1. The quantitative estimate of drug-likeness (QED) is 0.896. The smallest absolute Gasteiger partial charge is 0.315 e. The number of rotatable bonds is 4. The van der Waals surface area contributed by atoms with Gasteiger partial charge in [-0.1, -0.05) is 25.3 Å². The van der Waals surface area contributed by atoms with E-state index in [-0.39, 0.29) is 12.1 Å². The van der Waals surface area contributed by atoms with Crippen molar-refractivity contribution in [3.8, 4) is 0 Å². The number of hydrogen-bond donors (Lipinski definition) is 2. The molecule has 0 aromatic carbocycles. The molecular weight excluding hydrogens is 290 g/mol. The van der Waals surface area contributed by atoms with E-state index in [1.54, 1.807) is 6.20 Å². The van der Waals surface area contributed by atoms with E-state index in [9.17, 15) is 4.79 Å². The molecule has 1 atom stereocenters. The van der Waals surface area contributed by atoms with Crippen molar-refractivity contribution in [3.05, 3.63) is 30.1 Å². The van der Waals surface area contributed by atoms with Crippen LogP contribution in [-0.4, -0.2) is 30.3 Å². The van der Waals surface area contributed by atoms with Gasteiger partial charge in [-0.25, -0.2) is 4.79 Å². The van der Waals surface area contributed by atoms with E-state index < -0.39 is 0 Å². The molecule has 2 amide bonds. The van der Waals surface area contributed by atoms with Gasteiger partial charge in [-0.2, -0.15) is 0 Å². The van der Waals surface area contributed by atoms with E-state index in [2.05, 4.69) is 15.6 Å². The highest BCUT2D eigenvalue weighted by Crippen LogP contribution is 2.29. The van der Waals surface area contributed by atoms with Crippen molar-refractivity contribution < 1.29 is 9.53 Å². The highest BCUT2D eigenvalue weighted by molar-refractivity contribution is 5.74. The summed E-state index contributed by atoms with van der Waals surface area (Å²) in [4.78, 5) is 16.7. The standard InChI is InChI=1S/C18H27N3O2/c22-18(20-16-6-2-1-3-7-16)21-17(14-8-11-23-12-9-14)15-5-4-10-19-13-15/h4-5,10,13-14,16-17H,1-3,6-9,11-12H2,(H2,20,21,22). The molecular formula is C18H27N3O2. The molecule has 0 radical (unpaired) electrons. The summed E-state index contributed by atoms with van der Waals surface area (Å²) in [5.41, 5.74) is 1.08. The summed E-state index contributed by atoms with van der Waals surface area (Å²) >= 11 is 0. The van der Waals surface area contributed by atoms with Crippen LogP contribution in [0.5, 0.6) is 0 Å². The van der Waals surface area contributed by atoms with Crippen LogP contribution in [0, 0.1) is 5.92 Å². The molecule has 5 heteroatoms. The van der Waals surface area contributed by atoms with E-state index in [1.165, 1.54) is 19.3 Å². The number of carbonyl (C=O) groups excluding carboxylic acids is 1. The summed E-state index contributed by atoms with van der Waals surface area (Å²) in [5, 5.41) is 6.36. The molecule has 126 valence electrons. The van der Waals surface area contributed by atoms with Crippen molar-refractivity contribution in [1.29, 1.82) is 0 Å². The van der Waals surface area contributed by atoms with Gasteiger partial charge in [0.1, 0.15) is 0 Å². The zero-order chi connectivity index (χ0) is 15.9. The molecule has 1 saturated heterocycles. The Hall–Kier alpha value is -1.62. The van der Waals surface area contributed by atoms with Crippen LogP contribution >= 0.6 is 0 Å². The van der Waals surface area contributed by atoms with Crippen LogP contribution in [0.25, 0.3) is 0 Å². The first-order valence-electron chi connectivity index (χ1n) is 8.87. The minimum atomic E-state index is -0.0442. The van der Waals surface area contributed by atoms with Gasteiger partial charge in [0.15, 0.2) is 0 Å². The van der Waals surface area contributed by atoms with Gasteiger partial charge < -0.3 is 15.4 Å². The third-order valence-corrected chi connectivity index (χ3v) is 5.01. The van der Waals surface area contributed by atoms with Gasteiger partial charge in [-0.15, -0.1) is 0 Å². The van der Waals surface area contributed by atoms with Crippen LogP contribution in [0.1, 0.15) is 56.6 Å². The Bertz CT molecular complexity index is 482.